The summed E-state index contributed by atoms with van der Waals surface area (Å²) < 4.78 is 12.6. The quantitative estimate of drug-likeness (QED) is 0.565. The SMILES string of the molecule is COc1ccc(-c2ccnc3c(-c4ccccc4)cnn23)cc1OC. The van der Waals surface area contributed by atoms with Crippen LogP contribution >= 0.6 is 0 Å². The Balaban J connectivity index is 1.88. The molecule has 25 heavy (non-hydrogen) atoms. The Bertz CT molecular complexity index is 1030. The summed E-state index contributed by atoms with van der Waals surface area (Å²) in [7, 11) is 3.26. The molecular formula is C20H17N3O2. The highest BCUT2D eigenvalue weighted by molar-refractivity contribution is 5.79. The van der Waals surface area contributed by atoms with E-state index in [2.05, 4.69) is 22.2 Å². The van der Waals surface area contributed by atoms with Crippen LogP contribution in [0.25, 0.3) is 28.0 Å². The normalized spacial score (nSPS) is 10.8. The molecule has 0 unspecified atom stereocenters. The van der Waals surface area contributed by atoms with Gasteiger partial charge in [0.1, 0.15) is 0 Å². The molecule has 4 aromatic rings. The number of fused-ring (bicyclic) bond motifs is 1. The van der Waals surface area contributed by atoms with Crippen LogP contribution in [0.2, 0.25) is 0 Å². The maximum Gasteiger partial charge on any atom is 0.163 e. The van der Waals surface area contributed by atoms with Gasteiger partial charge in [-0.25, -0.2) is 9.50 Å². The third-order valence-electron chi connectivity index (χ3n) is 4.17. The topological polar surface area (TPSA) is 48.7 Å². The molecule has 0 aliphatic carbocycles. The van der Waals surface area contributed by atoms with Gasteiger partial charge in [0, 0.05) is 17.3 Å². The minimum absolute atomic E-state index is 0.681. The summed E-state index contributed by atoms with van der Waals surface area (Å²) in [6, 6.07) is 17.9. The number of benzene rings is 2. The zero-order valence-electron chi connectivity index (χ0n) is 14.0. The second-order valence-corrected chi connectivity index (χ2v) is 5.56. The van der Waals surface area contributed by atoms with E-state index in [-0.39, 0.29) is 0 Å². The van der Waals surface area contributed by atoms with E-state index in [1.165, 1.54) is 0 Å². The smallest absolute Gasteiger partial charge is 0.163 e. The Kier molecular flexibility index (Phi) is 3.82. The van der Waals surface area contributed by atoms with Crippen molar-refractivity contribution in [1.82, 2.24) is 14.6 Å². The Hall–Kier alpha value is -3.34. The minimum Gasteiger partial charge on any atom is -0.493 e. The van der Waals surface area contributed by atoms with Crippen LogP contribution in [0.3, 0.4) is 0 Å². The molecule has 0 atom stereocenters. The van der Waals surface area contributed by atoms with E-state index >= 15 is 0 Å². The molecule has 0 aliphatic rings. The van der Waals surface area contributed by atoms with Crippen molar-refractivity contribution in [2.45, 2.75) is 0 Å². The van der Waals surface area contributed by atoms with E-state index in [1.807, 2.05) is 53.2 Å². The van der Waals surface area contributed by atoms with Gasteiger partial charge in [-0.1, -0.05) is 30.3 Å². The first-order valence-electron chi connectivity index (χ1n) is 7.92. The van der Waals surface area contributed by atoms with Crippen LogP contribution in [0.4, 0.5) is 0 Å². The number of hydrogen-bond acceptors (Lipinski definition) is 4. The maximum atomic E-state index is 5.41. The lowest BCUT2D eigenvalue weighted by atomic mass is 10.1. The zero-order valence-corrected chi connectivity index (χ0v) is 14.0. The summed E-state index contributed by atoms with van der Waals surface area (Å²) >= 11 is 0. The third-order valence-corrected chi connectivity index (χ3v) is 4.17. The van der Waals surface area contributed by atoms with Gasteiger partial charge < -0.3 is 9.47 Å². The lowest BCUT2D eigenvalue weighted by molar-refractivity contribution is 0.355. The van der Waals surface area contributed by atoms with Crippen LogP contribution in [-0.2, 0) is 0 Å². The molecule has 0 amide bonds. The predicted molar refractivity (Wildman–Crippen MR) is 97.0 cm³/mol. The molecule has 4 rings (SSSR count). The second-order valence-electron chi connectivity index (χ2n) is 5.56. The molecule has 5 nitrogen and oxygen atoms in total. The molecule has 0 spiro atoms. The Labute approximate surface area is 145 Å². The van der Waals surface area contributed by atoms with Gasteiger partial charge in [-0.05, 0) is 29.8 Å². The van der Waals surface area contributed by atoms with Crippen LogP contribution in [0.1, 0.15) is 0 Å². The molecule has 0 saturated heterocycles. The summed E-state index contributed by atoms with van der Waals surface area (Å²) in [6.07, 6.45) is 3.65. The van der Waals surface area contributed by atoms with Gasteiger partial charge in [0.2, 0.25) is 0 Å². The first kappa shape index (κ1) is 15.2. The highest BCUT2D eigenvalue weighted by Gasteiger charge is 2.13. The van der Waals surface area contributed by atoms with Crippen LogP contribution in [-0.4, -0.2) is 28.8 Å². The number of rotatable bonds is 4. The lowest BCUT2D eigenvalue weighted by Crippen LogP contribution is -1.97. The molecule has 0 saturated carbocycles. The number of methoxy groups -OCH3 is 2. The summed E-state index contributed by atoms with van der Waals surface area (Å²) in [4.78, 5) is 4.52. The molecule has 124 valence electrons. The second kappa shape index (κ2) is 6.28. The standard InChI is InChI=1S/C20H17N3O2/c1-24-18-9-8-15(12-19(18)25-2)17-10-11-21-20-16(13-22-23(17)20)14-6-4-3-5-7-14/h3-13H,1-2H3. The first-order chi connectivity index (χ1) is 12.3. The Morgan fingerprint density at radius 3 is 2.40 bits per heavy atom. The van der Waals surface area contributed by atoms with Crippen molar-refractivity contribution in [3.63, 3.8) is 0 Å². The van der Waals surface area contributed by atoms with Gasteiger partial charge in [-0.2, -0.15) is 5.10 Å². The summed E-state index contributed by atoms with van der Waals surface area (Å²) in [6.45, 7) is 0. The molecule has 2 heterocycles. The predicted octanol–water partition coefficient (Wildman–Crippen LogP) is 4.08. The molecule has 0 radical (unpaired) electrons. The molecule has 0 N–H and O–H groups in total. The van der Waals surface area contributed by atoms with E-state index in [9.17, 15) is 0 Å². The van der Waals surface area contributed by atoms with Crippen LogP contribution in [0.5, 0.6) is 11.5 Å². The summed E-state index contributed by atoms with van der Waals surface area (Å²) in [5.41, 5.74) is 4.83. The molecule has 2 aromatic heterocycles. The Morgan fingerprint density at radius 1 is 0.840 bits per heavy atom. The maximum absolute atomic E-state index is 5.41. The fourth-order valence-corrected chi connectivity index (χ4v) is 2.93. The van der Waals surface area contributed by atoms with Gasteiger partial charge in [0.25, 0.3) is 0 Å². The highest BCUT2D eigenvalue weighted by Crippen LogP contribution is 2.33. The molecule has 0 aliphatic heterocycles. The van der Waals surface area contributed by atoms with Gasteiger partial charge in [0.15, 0.2) is 17.1 Å². The van der Waals surface area contributed by atoms with Crippen molar-refractivity contribution < 1.29 is 9.47 Å². The first-order valence-corrected chi connectivity index (χ1v) is 7.92. The summed E-state index contributed by atoms with van der Waals surface area (Å²) in [5, 5.41) is 4.55. The lowest BCUT2D eigenvalue weighted by Gasteiger charge is -2.10. The van der Waals surface area contributed by atoms with E-state index in [4.69, 9.17) is 9.47 Å². The van der Waals surface area contributed by atoms with Crippen LogP contribution in [0, 0.1) is 0 Å². The summed E-state index contributed by atoms with van der Waals surface area (Å²) in [5.74, 6) is 1.38. The Morgan fingerprint density at radius 2 is 1.64 bits per heavy atom. The van der Waals surface area contributed by atoms with Crippen LogP contribution in [0.15, 0.2) is 67.0 Å². The van der Waals surface area contributed by atoms with Crippen molar-refractivity contribution in [2.75, 3.05) is 14.2 Å². The van der Waals surface area contributed by atoms with Crippen molar-refractivity contribution in [2.24, 2.45) is 0 Å². The molecule has 0 bridgehead atoms. The monoisotopic (exact) mass is 331 g/mol. The van der Waals surface area contributed by atoms with Gasteiger partial charge >= 0.3 is 0 Å². The van der Waals surface area contributed by atoms with Crippen molar-refractivity contribution in [3.05, 3.63) is 67.0 Å². The van der Waals surface area contributed by atoms with Gasteiger partial charge in [0.05, 0.1) is 26.1 Å². The van der Waals surface area contributed by atoms with E-state index < -0.39 is 0 Å². The van der Waals surface area contributed by atoms with Crippen molar-refractivity contribution in [3.8, 4) is 33.9 Å². The van der Waals surface area contributed by atoms with Gasteiger partial charge in [-0.15, -0.1) is 0 Å². The molecule has 0 fully saturated rings. The zero-order chi connectivity index (χ0) is 17.2. The van der Waals surface area contributed by atoms with E-state index in [1.54, 1.807) is 20.4 Å². The van der Waals surface area contributed by atoms with Crippen LogP contribution < -0.4 is 9.47 Å². The third kappa shape index (κ3) is 2.59. The minimum atomic E-state index is 0.681. The largest absolute Gasteiger partial charge is 0.493 e. The fraction of sp³-hybridized carbons (Fsp3) is 0.100. The molecule has 2 aromatic carbocycles. The van der Waals surface area contributed by atoms with E-state index in [0.29, 0.717) is 11.5 Å². The highest BCUT2D eigenvalue weighted by atomic mass is 16.5. The fourth-order valence-electron chi connectivity index (χ4n) is 2.93. The van der Waals surface area contributed by atoms with E-state index in [0.717, 1.165) is 28.0 Å². The number of aromatic nitrogens is 3. The average molecular weight is 331 g/mol. The number of hydrogen-bond donors (Lipinski definition) is 0. The molecular weight excluding hydrogens is 314 g/mol. The van der Waals surface area contributed by atoms with Crippen molar-refractivity contribution >= 4 is 5.65 Å². The number of ether oxygens (including phenoxy) is 2. The van der Waals surface area contributed by atoms with Gasteiger partial charge in [-0.3, -0.25) is 0 Å². The van der Waals surface area contributed by atoms with Crippen molar-refractivity contribution in [1.29, 1.82) is 0 Å². The average Bonchev–Trinajstić information content (AvgIpc) is 3.12. The number of nitrogens with zero attached hydrogens (tertiary/aromatic N) is 3. The molecule has 5 heteroatoms.